The van der Waals surface area contributed by atoms with Gasteiger partial charge >= 0.3 is 6.18 Å². The van der Waals surface area contributed by atoms with Gasteiger partial charge in [-0.1, -0.05) is 0 Å². The summed E-state index contributed by atoms with van der Waals surface area (Å²) in [6, 6.07) is 1.76. The fourth-order valence-electron chi connectivity index (χ4n) is 4.16. The zero-order valence-corrected chi connectivity index (χ0v) is 19.9. The minimum Gasteiger partial charge on any atom is -0.394 e. The summed E-state index contributed by atoms with van der Waals surface area (Å²) in [6.45, 7) is 8.52. The topological polar surface area (TPSA) is 105 Å². The van der Waals surface area contributed by atoms with Gasteiger partial charge in [0.05, 0.1) is 30.9 Å². The first-order valence-corrected chi connectivity index (χ1v) is 11.1. The number of hydrogen-bond donors (Lipinski definition) is 3. The molecular weight excluding hydrogens is 459 g/mol. The van der Waals surface area contributed by atoms with Gasteiger partial charge in [-0.15, -0.1) is 0 Å². The third kappa shape index (κ3) is 6.53. The highest BCUT2D eigenvalue weighted by atomic mass is 19.4. The van der Waals surface area contributed by atoms with Crippen LogP contribution in [-0.4, -0.2) is 78.5 Å². The smallest absolute Gasteiger partial charge is 0.394 e. The van der Waals surface area contributed by atoms with E-state index in [1.54, 1.807) is 30.4 Å². The molecule has 12 heteroatoms. The van der Waals surface area contributed by atoms with Gasteiger partial charge in [-0.05, 0) is 26.6 Å². The van der Waals surface area contributed by atoms with Gasteiger partial charge in [0.2, 0.25) is 0 Å². The van der Waals surface area contributed by atoms with E-state index in [1.807, 2.05) is 6.92 Å². The quantitative estimate of drug-likeness (QED) is 0.485. The van der Waals surface area contributed by atoms with Crippen LogP contribution in [0.4, 0.5) is 19.0 Å². The average Bonchev–Trinajstić information content (AvgIpc) is 2.81. The number of halogens is 3. The molecule has 0 amide bonds. The fourth-order valence-corrected chi connectivity index (χ4v) is 4.16. The molecule has 2 aliphatic rings. The molecule has 1 aromatic heterocycles. The van der Waals surface area contributed by atoms with Crippen LogP contribution in [-0.2, 0) is 0 Å². The maximum atomic E-state index is 12.9. The number of aromatic nitrogens is 2. The standard InChI is InChI=1S/C23H30F3N9/c1-15-13-35(16(2)21(32-15)17(10-27)11-28-3)20-5-6-31-22(33-20)19(12-29-4)34-8-7-30-18(14-34)9-23(24,25)26/h5-7,10-12,14-16,21,27-28,32H,4,8-9,13H2,1-3H3/b17-11+,19-12-,27-10?. The Hall–Kier alpha value is -3.54. The van der Waals surface area contributed by atoms with Crippen LogP contribution in [0.2, 0.25) is 0 Å². The lowest BCUT2D eigenvalue weighted by molar-refractivity contribution is -0.127. The molecule has 3 heterocycles. The van der Waals surface area contributed by atoms with Gasteiger partial charge in [0.25, 0.3) is 0 Å². The van der Waals surface area contributed by atoms with Crippen molar-refractivity contribution in [2.45, 2.75) is 44.6 Å². The molecule has 0 bridgehead atoms. The second-order valence-electron chi connectivity index (χ2n) is 8.33. The van der Waals surface area contributed by atoms with E-state index in [4.69, 9.17) is 10.4 Å². The van der Waals surface area contributed by atoms with Gasteiger partial charge in [-0.2, -0.15) is 13.2 Å². The van der Waals surface area contributed by atoms with E-state index in [2.05, 4.69) is 44.1 Å². The Morgan fingerprint density at radius 1 is 1.40 bits per heavy atom. The molecule has 188 valence electrons. The lowest BCUT2D eigenvalue weighted by Gasteiger charge is -2.44. The number of allylic oxidation sites excluding steroid dienone is 1. The van der Waals surface area contributed by atoms with Crippen molar-refractivity contribution in [1.82, 2.24) is 25.5 Å². The summed E-state index contributed by atoms with van der Waals surface area (Å²) < 4.78 is 38.7. The van der Waals surface area contributed by atoms with Crippen molar-refractivity contribution >= 4 is 30.7 Å². The Bertz CT molecular complexity index is 1040. The zero-order valence-electron chi connectivity index (χ0n) is 19.9. The number of nitrogens with one attached hydrogen (secondary N) is 3. The Morgan fingerprint density at radius 2 is 2.17 bits per heavy atom. The van der Waals surface area contributed by atoms with Crippen molar-refractivity contribution < 1.29 is 13.2 Å². The van der Waals surface area contributed by atoms with E-state index in [9.17, 15) is 13.2 Å². The number of nitrogens with zero attached hydrogens (tertiary/aromatic N) is 6. The maximum Gasteiger partial charge on any atom is 0.394 e. The third-order valence-electron chi connectivity index (χ3n) is 5.65. The zero-order chi connectivity index (χ0) is 25.6. The average molecular weight is 490 g/mol. The van der Waals surface area contributed by atoms with E-state index < -0.39 is 12.6 Å². The molecule has 3 rings (SSSR count). The van der Waals surface area contributed by atoms with Crippen LogP contribution in [0.3, 0.4) is 0 Å². The highest BCUT2D eigenvalue weighted by Crippen LogP contribution is 2.29. The molecule has 0 aromatic carbocycles. The van der Waals surface area contributed by atoms with Crippen LogP contribution in [0, 0.1) is 5.41 Å². The largest absolute Gasteiger partial charge is 0.394 e. The summed E-state index contributed by atoms with van der Waals surface area (Å²) in [5.41, 5.74) is 1.10. The van der Waals surface area contributed by atoms with Crippen molar-refractivity contribution in [3.8, 4) is 0 Å². The molecule has 1 fully saturated rings. The summed E-state index contributed by atoms with van der Waals surface area (Å²) in [6.07, 6.45) is 3.41. The van der Waals surface area contributed by atoms with Gasteiger partial charge in [0.15, 0.2) is 5.82 Å². The highest BCUT2D eigenvalue weighted by molar-refractivity contribution is 5.78. The Morgan fingerprint density at radius 3 is 2.83 bits per heavy atom. The van der Waals surface area contributed by atoms with E-state index in [1.165, 1.54) is 24.8 Å². The normalized spacial score (nSPS) is 23.7. The summed E-state index contributed by atoms with van der Waals surface area (Å²) >= 11 is 0. The molecule has 35 heavy (non-hydrogen) atoms. The summed E-state index contributed by atoms with van der Waals surface area (Å²) in [5.74, 6) is 0.968. The van der Waals surface area contributed by atoms with Gasteiger partial charge in [0.1, 0.15) is 11.5 Å². The number of alkyl halides is 3. The minimum atomic E-state index is -4.37. The molecule has 0 radical (unpaired) electrons. The summed E-state index contributed by atoms with van der Waals surface area (Å²) in [7, 11) is 1.79. The number of aliphatic imine (C=N–C) groups is 2. The molecule has 0 aliphatic carbocycles. The van der Waals surface area contributed by atoms with Crippen molar-refractivity contribution in [3.05, 3.63) is 48.0 Å². The van der Waals surface area contributed by atoms with Crippen LogP contribution < -0.4 is 15.5 Å². The molecule has 0 saturated carbocycles. The molecule has 3 atom stereocenters. The maximum absolute atomic E-state index is 12.9. The predicted molar refractivity (Wildman–Crippen MR) is 133 cm³/mol. The molecule has 0 spiro atoms. The lowest BCUT2D eigenvalue weighted by atomic mass is 9.95. The fraction of sp³-hybridized carbons (Fsp3) is 0.435. The van der Waals surface area contributed by atoms with E-state index in [-0.39, 0.29) is 30.4 Å². The van der Waals surface area contributed by atoms with Gasteiger partial charge in [-0.3, -0.25) is 9.98 Å². The number of piperazine rings is 1. The highest BCUT2D eigenvalue weighted by Gasteiger charge is 2.34. The first-order chi connectivity index (χ1) is 16.7. The van der Waals surface area contributed by atoms with Gasteiger partial charge in [-0.25, -0.2) is 9.97 Å². The van der Waals surface area contributed by atoms with Crippen LogP contribution in [0.5, 0.6) is 0 Å². The van der Waals surface area contributed by atoms with E-state index in [0.717, 1.165) is 5.57 Å². The third-order valence-corrected chi connectivity index (χ3v) is 5.65. The van der Waals surface area contributed by atoms with Crippen LogP contribution in [0.15, 0.2) is 52.1 Å². The van der Waals surface area contributed by atoms with Crippen molar-refractivity contribution in [3.63, 3.8) is 0 Å². The Kier molecular flexibility index (Phi) is 8.39. The summed E-state index contributed by atoms with van der Waals surface area (Å²) in [5, 5.41) is 14.3. The van der Waals surface area contributed by atoms with Gasteiger partial charge in [0, 0.05) is 62.3 Å². The second-order valence-corrected chi connectivity index (χ2v) is 8.33. The van der Waals surface area contributed by atoms with Crippen LogP contribution in [0.25, 0.3) is 5.70 Å². The molecule has 3 unspecified atom stereocenters. The Balaban J connectivity index is 1.93. The van der Waals surface area contributed by atoms with Crippen molar-refractivity contribution in [2.75, 3.05) is 25.0 Å². The van der Waals surface area contributed by atoms with E-state index in [0.29, 0.717) is 23.9 Å². The first-order valence-electron chi connectivity index (χ1n) is 11.1. The van der Waals surface area contributed by atoms with Crippen molar-refractivity contribution in [1.29, 1.82) is 5.41 Å². The first kappa shape index (κ1) is 26.1. The molecule has 1 aromatic rings. The van der Waals surface area contributed by atoms with Crippen LogP contribution >= 0.6 is 0 Å². The molecular formula is C23H30F3N9. The molecule has 9 nitrogen and oxygen atoms in total. The number of anilines is 1. The number of rotatable bonds is 8. The number of hydrogen-bond acceptors (Lipinski definition) is 9. The van der Waals surface area contributed by atoms with Crippen LogP contribution in [0.1, 0.15) is 26.1 Å². The molecule has 1 saturated heterocycles. The second kappa shape index (κ2) is 11.3. The Labute approximate surface area is 202 Å². The monoisotopic (exact) mass is 489 g/mol. The molecule has 2 aliphatic heterocycles. The van der Waals surface area contributed by atoms with E-state index >= 15 is 0 Å². The SMILES string of the molecule is C=N/C=C(/c1nccc(N2CC(C)NC(/C(C=N)=C/NC)C2C)n1)N1C=C(CC(F)(F)F)N=CC1. The van der Waals surface area contributed by atoms with Gasteiger partial charge < -0.3 is 25.8 Å². The molecule has 3 N–H and O–H groups in total. The minimum absolute atomic E-state index is 0.0412. The lowest BCUT2D eigenvalue weighted by Crippen LogP contribution is -2.61. The van der Waals surface area contributed by atoms with Crippen molar-refractivity contribution in [2.24, 2.45) is 9.98 Å². The summed E-state index contributed by atoms with van der Waals surface area (Å²) in [4.78, 5) is 20.5. The predicted octanol–water partition coefficient (Wildman–Crippen LogP) is 2.96.